The van der Waals surface area contributed by atoms with Crippen molar-refractivity contribution in [1.82, 2.24) is 10.3 Å². The number of benzene rings is 1. The van der Waals surface area contributed by atoms with E-state index in [-0.39, 0.29) is 6.04 Å². The normalized spacial score (nSPS) is 12.2. The smallest absolute Gasteiger partial charge is 0.122 e. The third kappa shape index (κ3) is 4.19. The maximum atomic E-state index is 6.11. The van der Waals surface area contributed by atoms with Crippen molar-refractivity contribution in [3.8, 4) is 5.75 Å². The molecule has 1 heterocycles. The molecule has 1 N–H and O–H groups in total. The van der Waals surface area contributed by atoms with Gasteiger partial charge in [-0.1, -0.05) is 18.5 Å². The van der Waals surface area contributed by atoms with E-state index in [1.54, 1.807) is 7.11 Å². The highest BCUT2D eigenvalue weighted by Gasteiger charge is 2.15. The summed E-state index contributed by atoms with van der Waals surface area (Å²) in [7, 11) is 1.68. The van der Waals surface area contributed by atoms with Gasteiger partial charge in [-0.05, 0) is 61.3 Å². The molecular weight excluding hydrogens is 284 g/mol. The molecular formula is C17H21ClN2O. The summed E-state index contributed by atoms with van der Waals surface area (Å²) in [5.41, 5.74) is 3.33. The first kappa shape index (κ1) is 15.8. The molecule has 0 aliphatic heterocycles. The maximum Gasteiger partial charge on any atom is 0.122 e. The minimum atomic E-state index is 0.141. The largest absolute Gasteiger partial charge is 0.496 e. The molecule has 2 rings (SSSR count). The highest BCUT2D eigenvalue weighted by atomic mass is 35.5. The van der Waals surface area contributed by atoms with Gasteiger partial charge < -0.3 is 10.1 Å². The summed E-state index contributed by atoms with van der Waals surface area (Å²) in [5, 5.41) is 4.20. The van der Waals surface area contributed by atoms with Crippen LogP contribution in [0.1, 0.15) is 29.8 Å². The van der Waals surface area contributed by atoms with Crippen LogP contribution in [-0.2, 0) is 6.42 Å². The second-order valence-electron chi connectivity index (χ2n) is 5.03. The molecule has 0 amide bonds. The topological polar surface area (TPSA) is 34.1 Å². The first-order chi connectivity index (χ1) is 10.1. The number of halogens is 1. The van der Waals surface area contributed by atoms with E-state index in [1.165, 1.54) is 5.56 Å². The molecule has 21 heavy (non-hydrogen) atoms. The Bertz CT molecular complexity index is 601. The lowest BCUT2D eigenvalue weighted by molar-refractivity contribution is 0.405. The molecule has 1 aromatic heterocycles. The molecule has 0 aliphatic carbocycles. The first-order valence-electron chi connectivity index (χ1n) is 7.12. The highest BCUT2D eigenvalue weighted by Crippen LogP contribution is 2.27. The highest BCUT2D eigenvalue weighted by molar-refractivity contribution is 6.30. The van der Waals surface area contributed by atoms with Crippen molar-refractivity contribution >= 4 is 11.6 Å². The van der Waals surface area contributed by atoms with Gasteiger partial charge in [-0.3, -0.25) is 4.98 Å². The fourth-order valence-electron chi connectivity index (χ4n) is 2.40. The van der Waals surface area contributed by atoms with Gasteiger partial charge in [-0.2, -0.15) is 0 Å². The van der Waals surface area contributed by atoms with E-state index in [4.69, 9.17) is 16.3 Å². The number of likely N-dealkylation sites (N-methyl/N-ethyl adjacent to an activating group) is 1. The average molecular weight is 305 g/mol. The van der Waals surface area contributed by atoms with Gasteiger partial charge in [-0.25, -0.2) is 0 Å². The quantitative estimate of drug-likeness (QED) is 0.877. The van der Waals surface area contributed by atoms with Gasteiger partial charge in [-0.15, -0.1) is 0 Å². The number of aromatic nitrogens is 1. The number of nitrogens with one attached hydrogen (secondary N) is 1. The van der Waals surface area contributed by atoms with E-state index < -0.39 is 0 Å². The lowest BCUT2D eigenvalue weighted by atomic mass is 10.0. The summed E-state index contributed by atoms with van der Waals surface area (Å²) in [6, 6.07) is 9.97. The SMILES string of the molecule is CCNC(Cc1cc(Cl)ccc1OC)c1cc(C)ccn1. The van der Waals surface area contributed by atoms with Crippen molar-refractivity contribution in [3.63, 3.8) is 0 Å². The van der Waals surface area contributed by atoms with Crippen molar-refractivity contribution in [1.29, 1.82) is 0 Å². The van der Waals surface area contributed by atoms with Gasteiger partial charge in [0.2, 0.25) is 0 Å². The van der Waals surface area contributed by atoms with Crippen LogP contribution in [0.5, 0.6) is 5.75 Å². The molecule has 1 atom stereocenters. The maximum absolute atomic E-state index is 6.11. The van der Waals surface area contributed by atoms with Crippen LogP contribution in [0.2, 0.25) is 5.02 Å². The van der Waals surface area contributed by atoms with Crippen molar-refractivity contribution in [2.45, 2.75) is 26.3 Å². The van der Waals surface area contributed by atoms with E-state index in [2.05, 4.69) is 30.2 Å². The fraction of sp³-hybridized carbons (Fsp3) is 0.353. The number of nitrogens with zero attached hydrogens (tertiary/aromatic N) is 1. The van der Waals surface area contributed by atoms with Crippen molar-refractivity contribution < 1.29 is 4.74 Å². The zero-order chi connectivity index (χ0) is 15.2. The molecule has 1 unspecified atom stereocenters. The molecule has 2 aromatic rings. The molecule has 4 heteroatoms. The predicted octanol–water partition coefficient (Wildman–Crippen LogP) is 3.95. The summed E-state index contributed by atoms with van der Waals surface area (Å²) in [6.07, 6.45) is 2.64. The molecule has 0 radical (unpaired) electrons. The van der Waals surface area contributed by atoms with Crippen molar-refractivity contribution in [3.05, 3.63) is 58.4 Å². The third-order valence-corrected chi connectivity index (χ3v) is 3.65. The summed E-state index contributed by atoms with van der Waals surface area (Å²) >= 11 is 6.11. The Hall–Kier alpha value is -1.58. The van der Waals surface area contributed by atoms with Crippen LogP contribution in [-0.4, -0.2) is 18.6 Å². The fourth-order valence-corrected chi connectivity index (χ4v) is 2.60. The van der Waals surface area contributed by atoms with Crippen LogP contribution >= 0.6 is 11.6 Å². The molecule has 3 nitrogen and oxygen atoms in total. The molecule has 0 spiro atoms. The molecule has 0 bridgehead atoms. The number of hydrogen-bond acceptors (Lipinski definition) is 3. The number of ether oxygens (including phenoxy) is 1. The minimum absolute atomic E-state index is 0.141. The summed E-state index contributed by atoms with van der Waals surface area (Å²) in [5.74, 6) is 0.856. The van der Waals surface area contributed by atoms with Crippen LogP contribution < -0.4 is 10.1 Å². The average Bonchev–Trinajstić information content (AvgIpc) is 2.47. The Labute approximate surface area is 131 Å². The standard InChI is InChI=1S/C17H21ClN2O/c1-4-19-16(15-9-12(2)7-8-20-15)11-13-10-14(18)5-6-17(13)21-3/h5-10,16,19H,4,11H2,1-3H3. The van der Waals surface area contributed by atoms with Gasteiger partial charge in [0.15, 0.2) is 0 Å². The number of hydrogen-bond donors (Lipinski definition) is 1. The number of methoxy groups -OCH3 is 1. The number of pyridine rings is 1. The van der Waals surface area contributed by atoms with E-state index in [0.29, 0.717) is 0 Å². The zero-order valence-electron chi connectivity index (χ0n) is 12.7. The van der Waals surface area contributed by atoms with Crippen molar-refractivity contribution in [2.75, 3.05) is 13.7 Å². The van der Waals surface area contributed by atoms with Gasteiger partial charge in [0.25, 0.3) is 0 Å². The Balaban J connectivity index is 2.30. The lowest BCUT2D eigenvalue weighted by Gasteiger charge is -2.19. The van der Waals surface area contributed by atoms with Gasteiger partial charge in [0.1, 0.15) is 5.75 Å². The van der Waals surface area contributed by atoms with Gasteiger partial charge >= 0.3 is 0 Å². The first-order valence-corrected chi connectivity index (χ1v) is 7.50. The molecule has 0 saturated carbocycles. The monoisotopic (exact) mass is 304 g/mol. The van der Waals surface area contributed by atoms with Crippen LogP contribution in [0.25, 0.3) is 0 Å². The molecule has 1 aromatic carbocycles. The Morgan fingerprint density at radius 1 is 1.29 bits per heavy atom. The van der Waals surface area contributed by atoms with Crippen molar-refractivity contribution in [2.24, 2.45) is 0 Å². The zero-order valence-corrected chi connectivity index (χ0v) is 13.4. The van der Waals surface area contributed by atoms with E-state index in [1.807, 2.05) is 30.5 Å². The van der Waals surface area contributed by atoms with Crippen LogP contribution in [0.4, 0.5) is 0 Å². The van der Waals surface area contributed by atoms with Crippen LogP contribution in [0.3, 0.4) is 0 Å². The minimum Gasteiger partial charge on any atom is -0.496 e. The lowest BCUT2D eigenvalue weighted by Crippen LogP contribution is -2.24. The Kier molecular flexibility index (Phi) is 5.59. The summed E-state index contributed by atoms with van der Waals surface area (Å²) in [4.78, 5) is 4.50. The van der Waals surface area contributed by atoms with E-state index in [0.717, 1.165) is 35.0 Å². The third-order valence-electron chi connectivity index (χ3n) is 3.41. The van der Waals surface area contributed by atoms with E-state index >= 15 is 0 Å². The summed E-state index contributed by atoms with van der Waals surface area (Å²) in [6.45, 7) is 5.05. The molecule has 0 aliphatic rings. The Morgan fingerprint density at radius 3 is 2.76 bits per heavy atom. The Morgan fingerprint density at radius 2 is 2.10 bits per heavy atom. The second kappa shape index (κ2) is 7.43. The van der Waals surface area contributed by atoms with Crippen LogP contribution in [0.15, 0.2) is 36.5 Å². The number of aryl methyl sites for hydroxylation is 1. The second-order valence-corrected chi connectivity index (χ2v) is 5.47. The summed E-state index contributed by atoms with van der Waals surface area (Å²) < 4.78 is 5.43. The van der Waals surface area contributed by atoms with E-state index in [9.17, 15) is 0 Å². The molecule has 0 fully saturated rings. The molecule has 0 saturated heterocycles. The van der Waals surface area contributed by atoms with Gasteiger partial charge in [0.05, 0.1) is 18.8 Å². The predicted molar refractivity (Wildman–Crippen MR) is 87.1 cm³/mol. The number of rotatable bonds is 6. The van der Waals surface area contributed by atoms with Gasteiger partial charge in [0, 0.05) is 11.2 Å². The molecule has 112 valence electrons. The van der Waals surface area contributed by atoms with Crippen LogP contribution in [0, 0.1) is 6.92 Å².